The van der Waals surface area contributed by atoms with Crippen LogP contribution < -0.4 is 5.73 Å². The number of likely N-dealkylation sites (tertiary alicyclic amines) is 1. The number of carbonyl (C=O) groups excluding carboxylic acids is 1. The SMILES string of the molecule is CCCOC1CCCN(C(=O)C2CCCC(N)C2)CC1. The fraction of sp³-hybridized carbons (Fsp3) is 0.938. The van der Waals surface area contributed by atoms with E-state index in [2.05, 4.69) is 11.8 Å². The second-order valence-corrected chi connectivity index (χ2v) is 6.37. The Morgan fingerprint density at radius 2 is 2.05 bits per heavy atom. The van der Waals surface area contributed by atoms with Crippen molar-refractivity contribution >= 4 is 5.91 Å². The molecule has 0 aromatic heterocycles. The van der Waals surface area contributed by atoms with Crippen LogP contribution in [0.2, 0.25) is 0 Å². The molecule has 2 N–H and O–H groups in total. The largest absolute Gasteiger partial charge is 0.378 e. The number of hydrogen-bond acceptors (Lipinski definition) is 3. The van der Waals surface area contributed by atoms with Gasteiger partial charge in [0.1, 0.15) is 0 Å². The number of amides is 1. The fourth-order valence-corrected chi connectivity index (χ4v) is 3.45. The van der Waals surface area contributed by atoms with Crippen LogP contribution in [0.5, 0.6) is 0 Å². The predicted octanol–water partition coefficient (Wildman–Crippen LogP) is 2.31. The van der Waals surface area contributed by atoms with Crippen LogP contribution in [-0.2, 0) is 9.53 Å². The van der Waals surface area contributed by atoms with E-state index in [-0.39, 0.29) is 12.0 Å². The van der Waals surface area contributed by atoms with E-state index >= 15 is 0 Å². The highest BCUT2D eigenvalue weighted by Gasteiger charge is 2.30. The van der Waals surface area contributed by atoms with Crippen LogP contribution >= 0.6 is 0 Å². The summed E-state index contributed by atoms with van der Waals surface area (Å²) in [5.74, 6) is 0.517. The average Bonchev–Trinajstić information content (AvgIpc) is 2.70. The molecule has 1 amide bonds. The van der Waals surface area contributed by atoms with E-state index < -0.39 is 0 Å². The second kappa shape index (κ2) is 7.99. The lowest BCUT2D eigenvalue weighted by Gasteiger charge is -2.30. The first kappa shape index (κ1) is 15.8. The highest BCUT2D eigenvalue weighted by Crippen LogP contribution is 2.26. The van der Waals surface area contributed by atoms with Crippen molar-refractivity contribution in [3.05, 3.63) is 0 Å². The van der Waals surface area contributed by atoms with Crippen molar-refractivity contribution in [1.82, 2.24) is 4.90 Å². The van der Waals surface area contributed by atoms with E-state index in [4.69, 9.17) is 10.5 Å². The zero-order valence-electron chi connectivity index (χ0n) is 12.9. The molecular formula is C16H30N2O2. The van der Waals surface area contributed by atoms with Gasteiger partial charge in [-0.15, -0.1) is 0 Å². The maximum Gasteiger partial charge on any atom is 0.225 e. The molecule has 4 heteroatoms. The number of carbonyl (C=O) groups is 1. The first-order chi connectivity index (χ1) is 9.70. The van der Waals surface area contributed by atoms with Crippen LogP contribution in [0.4, 0.5) is 0 Å². The van der Waals surface area contributed by atoms with Gasteiger partial charge in [0.15, 0.2) is 0 Å². The van der Waals surface area contributed by atoms with Gasteiger partial charge in [0.25, 0.3) is 0 Å². The van der Waals surface area contributed by atoms with E-state index in [1.807, 2.05) is 0 Å². The van der Waals surface area contributed by atoms with Crippen molar-refractivity contribution in [2.45, 2.75) is 70.4 Å². The number of rotatable bonds is 4. The van der Waals surface area contributed by atoms with Crippen LogP contribution in [-0.4, -0.2) is 42.6 Å². The quantitative estimate of drug-likeness (QED) is 0.861. The van der Waals surface area contributed by atoms with Crippen molar-refractivity contribution < 1.29 is 9.53 Å². The molecule has 1 saturated carbocycles. The molecule has 3 unspecified atom stereocenters. The highest BCUT2D eigenvalue weighted by atomic mass is 16.5. The van der Waals surface area contributed by atoms with Crippen LogP contribution in [0.3, 0.4) is 0 Å². The van der Waals surface area contributed by atoms with Gasteiger partial charge >= 0.3 is 0 Å². The number of nitrogens with zero attached hydrogens (tertiary/aromatic N) is 1. The summed E-state index contributed by atoms with van der Waals surface area (Å²) in [7, 11) is 0. The molecule has 3 atom stereocenters. The topological polar surface area (TPSA) is 55.6 Å². The summed E-state index contributed by atoms with van der Waals surface area (Å²) >= 11 is 0. The smallest absolute Gasteiger partial charge is 0.225 e. The van der Waals surface area contributed by atoms with Crippen LogP contribution in [0, 0.1) is 5.92 Å². The Hall–Kier alpha value is -0.610. The zero-order valence-corrected chi connectivity index (χ0v) is 12.9. The van der Waals surface area contributed by atoms with E-state index in [1.165, 1.54) is 0 Å². The summed E-state index contributed by atoms with van der Waals surface area (Å²) in [5.41, 5.74) is 6.01. The van der Waals surface area contributed by atoms with Gasteiger partial charge in [0, 0.05) is 31.7 Å². The number of hydrogen-bond donors (Lipinski definition) is 1. The molecule has 0 aromatic rings. The maximum absolute atomic E-state index is 12.6. The molecule has 2 rings (SSSR count). The number of ether oxygens (including phenoxy) is 1. The summed E-state index contributed by atoms with van der Waals surface area (Å²) in [6, 6.07) is 0.227. The summed E-state index contributed by atoms with van der Waals surface area (Å²) in [6.07, 6.45) is 8.66. The Morgan fingerprint density at radius 3 is 2.80 bits per heavy atom. The Labute approximate surface area is 123 Å². The normalized spacial score (nSPS) is 31.9. The molecule has 116 valence electrons. The first-order valence-corrected chi connectivity index (χ1v) is 8.36. The molecule has 0 aromatic carbocycles. The third kappa shape index (κ3) is 4.45. The summed E-state index contributed by atoms with van der Waals surface area (Å²) in [6.45, 7) is 4.74. The molecule has 0 radical (unpaired) electrons. The molecule has 0 bridgehead atoms. The van der Waals surface area contributed by atoms with Crippen molar-refractivity contribution in [1.29, 1.82) is 0 Å². The van der Waals surface area contributed by atoms with Gasteiger partial charge < -0.3 is 15.4 Å². The molecule has 1 saturated heterocycles. The zero-order chi connectivity index (χ0) is 14.4. The third-order valence-electron chi connectivity index (χ3n) is 4.61. The fourth-order valence-electron chi connectivity index (χ4n) is 3.45. The van der Waals surface area contributed by atoms with Crippen LogP contribution in [0.1, 0.15) is 58.3 Å². The van der Waals surface area contributed by atoms with Gasteiger partial charge in [0.05, 0.1) is 6.10 Å². The minimum atomic E-state index is 0.173. The van der Waals surface area contributed by atoms with Gasteiger partial charge in [-0.1, -0.05) is 13.3 Å². The minimum absolute atomic E-state index is 0.173. The Kier molecular flexibility index (Phi) is 6.30. The van der Waals surface area contributed by atoms with Crippen molar-refractivity contribution in [3.8, 4) is 0 Å². The van der Waals surface area contributed by atoms with Gasteiger partial charge in [-0.3, -0.25) is 4.79 Å². The molecule has 20 heavy (non-hydrogen) atoms. The van der Waals surface area contributed by atoms with E-state index in [0.717, 1.165) is 71.1 Å². The number of nitrogens with two attached hydrogens (primary N) is 1. The second-order valence-electron chi connectivity index (χ2n) is 6.37. The highest BCUT2D eigenvalue weighted by molar-refractivity contribution is 5.79. The standard InChI is InChI=1S/C16H30N2O2/c1-2-11-20-15-7-4-9-18(10-8-15)16(19)13-5-3-6-14(17)12-13/h13-15H,2-12,17H2,1H3. The van der Waals surface area contributed by atoms with Gasteiger partial charge in [-0.25, -0.2) is 0 Å². The van der Waals surface area contributed by atoms with Gasteiger partial charge in [-0.2, -0.15) is 0 Å². The Bertz CT molecular complexity index is 309. The first-order valence-electron chi connectivity index (χ1n) is 8.36. The lowest BCUT2D eigenvalue weighted by atomic mass is 9.85. The van der Waals surface area contributed by atoms with E-state index in [0.29, 0.717) is 12.0 Å². The molecule has 2 fully saturated rings. The van der Waals surface area contributed by atoms with E-state index in [9.17, 15) is 4.79 Å². The van der Waals surface area contributed by atoms with E-state index in [1.54, 1.807) is 0 Å². The lowest BCUT2D eigenvalue weighted by molar-refractivity contribution is -0.136. The van der Waals surface area contributed by atoms with Crippen LogP contribution in [0.15, 0.2) is 0 Å². The molecule has 1 aliphatic carbocycles. The van der Waals surface area contributed by atoms with Crippen molar-refractivity contribution in [3.63, 3.8) is 0 Å². The van der Waals surface area contributed by atoms with Gasteiger partial charge in [0.2, 0.25) is 5.91 Å². The molecule has 1 aliphatic heterocycles. The summed E-state index contributed by atoms with van der Waals surface area (Å²) in [4.78, 5) is 14.7. The molecule has 4 nitrogen and oxygen atoms in total. The van der Waals surface area contributed by atoms with Crippen LogP contribution in [0.25, 0.3) is 0 Å². The maximum atomic E-state index is 12.6. The summed E-state index contributed by atoms with van der Waals surface area (Å²) < 4.78 is 5.84. The molecular weight excluding hydrogens is 252 g/mol. The predicted molar refractivity (Wildman–Crippen MR) is 80.4 cm³/mol. The monoisotopic (exact) mass is 282 g/mol. The molecule has 0 spiro atoms. The van der Waals surface area contributed by atoms with Crippen molar-refractivity contribution in [2.75, 3.05) is 19.7 Å². The molecule has 1 heterocycles. The molecule has 2 aliphatic rings. The Balaban J connectivity index is 1.81. The van der Waals surface area contributed by atoms with Crippen molar-refractivity contribution in [2.24, 2.45) is 11.7 Å². The minimum Gasteiger partial charge on any atom is -0.378 e. The Morgan fingerprint density at radius 1 is 1.20 bits per heavy atom. The lowest BCUT2D eigenvalue weighted by Crippen LogP contribution is -2.41. The van der Waals surface area contributed by atoms with Gasteiger partial charge in [-0.05, 0) is 44.9 Å². The summed E-state index contributed by atoms with van der Waals surface area (Å²) in [5, 5.41) is 0. The average molecular weight is 282 g/mol. The third-order valence-corrected chi connectivity index (χ3v) is 4.61.